The zero-order valence-corrected chi connectivity index (χ0v) is 3.94. The Kier molecular flexibility index (Phi) is 0.621. The van der Waals surface area contributed by atoms with Crippen LogP contribution in [-0.4, -0.2) is 0 Å². The largest absolute Gasteiger partial charge is 0.405 e. The summed E-state index contributed by atoms with van der Waals surface area (Å²) in [5, 5.41) is 0. The molecule has 0 saturated heterocycles. The Morgan fingerprint density at radius 3 is 2.50 bits per heavy atom. The molecule has 1 aliphatic carbocycles. The van der Waals surface area contributed by atoms with Crippen LogP contribution in [0.5, 0.6) is 0 Å². The smallest absolute Gasteiger partial charge is 0.00674 e. The molecule has 0 aromatic rings. The van der Waals surface area contributed by atoms with Gasteiger partial charge in [-0.3, -0.25) is 0 Å². The summed E-state index contributed by atoms with van der Waals surface area (Å²) in [6.45, 7) is 2.18. The van der Waals surface area contributed by atoms with E-state index in [-0.39, 0.29) is 0 Å². The van der Waals surface area contributed by atoms with Crippen LogP contribution in [-0.2, 0) is 0 Å². The highest BCUT2D eigenvalue weighted by molar-refractivity contribution is 5.19. The van der Waals surface area contributed by atoms with Crippen molar-refractivity contribution in [2.45, 2.75) is 13.3 Å². The summed E-state index contributed by atoms with van der Waals surface area (Å²) in [6, 6.07) is 0. The van der Waals surface area contributed by atoms with Gasteiger partial charge in [0.05, 0.1) is 0 Å². The van der Waals surface area contributed by atoms with E-state index in [2.05, 4.69) is 6.92 Å². The lowest BCUT2D eigenvalue weighted by atomic mass is 10.5. The predicted molar refractivity (Wildman–Crippen MR) is 26.1 cm³/mol. The van der Waals surface area contributed by atoms with Crippen LogP contribution in [0.3, 0.4) is 0 Å². The maximum atomic E-state index is 5.16. The average molecular weight is 83.1 g/mol. The van der Waals surface area contributed by atoms with Crippen LogP contribution in [0.1, 0.15) is 13.3 Å². The fourth-order valence-electron chi connectivity index (χ4n) is 0.527. The van der Waals surface area contributed by atoms with E-state index in [1.165, 1.54) is 12.0 Å². The molecular formula is C5H9N. The normalized spacial score (nSPS) is 37.5. The quantitative estimate of drug-likeness (QED) is 0.462. The molecule has 1 rings (SSSR count). The van der Waals surface area contributed by atoms with Gasteiger partial charge in [-0.15, -0.1) is 0 Å². The van der Waals surface area contributed by atoms with Crippen molar-refractivity contribution in [2.24, 2.45) is 11.7 Å². The van der Waals surface area contributed by atoms with Gasteiger partial charge in [0.15, 0.2) is 0 Å². The van der Waals surface area contributed by atoms with Gasteiger partial charge in [-0.25, -0.2) is 0 Å². The molecule has 6 heavy (non-hydrogen) atoms. The van der Waals surface area contributed by atoms with Crippen molar-refractivity contribution in [1.82, 2.24) is 0 Å². The van der Waals surface area contributed by atoms with Crippen LogP contribution in [0, 0.1) is 5.92 Å². The summed E-state index contributed by atoms with van der Waals surface area (Å²) in [4.78, 5) is 0. The van der Waals surface area contributed by atoms with E-state index < -0.39 is 0 Å². The first kappa shape index (κ1) is 3.72. The molecule has 1 nitrogen and oxygen atoms in total. The molecule has 0 unspecified atom stereocenters. The van der Waals surface area contributed by atoms with Crippen molar-refractivity contribution in [3.05, 3.63) is 11.8 Å². The fourth-order valence-corrected chi connectivity index (χ4v) is 0.527. The maximum absolute atomic E-state index is 5.16. The molecule has 34 valence electrons. The Labute approximate surface area is 37.8 Å². The monoisotopic (exact) mass is 83.1 g/mol. The van der Waals surface area contributed by atoms with Crippen molar-refractivity contribution < 1.29 is 0 Å². The second kappa shape index (κ2) is 1.00. The van der Waals surface area contributed by atoms with Crippen molar-refractivity contribution in [2.75, 3.05) is 0 Å². The first-order valence-electron chi connectivity index (χ1n) is 2.25. The highest BCUT2D eigenvalue weighted by atomic mass is 14.5. The van der Waals surface area contributed by atoms with Gasteiger partial charge >= 0.3 is 0 Å². The fraction of sp³-hybridized carbons (Fsp3) is 0.600. The summed E-state index contributed by atoms with van der Waals surface area (Å²) in [6.07, 6.45) is 2.95. The Morgan fingerprint density at radius 1 is 2.00 bits per heavy atom. The average Bonchev–Trinajstić information content (AvgIpc) is 2.19. The Morgan fingerprint density at radius 2 is 2.50 bits per heavy atom. The molecule has 0 aromatic heterocycles. The molecule has 0 aromatic carbocycles. The van der Waals surface area contributed by atoms with E-state index in [0.29, 0.717) is 0 Å². The van der Waals surface area contributed by atoms with Gasteiger partial charge < -0.3 is 5.73 Å². The van der Waals surface area contributed by atoms with Gasteiger partial charge in [0, 0.05) is 0 Å². The lowest BCUT2D eigenvalue weighted by Crippen LogP contribution is -1.73. The summed E-state index contributed by atoms with van der Waals surface area (Å²) in [5.74, 6) is 0.801. The number of rotatable bonds is 0. The van der Waals surface area contributed by atoms with E-state index in [4.69, 9.17) is 5.73 Å². The molecule has 0 radical (unpaired) electrons. The first-order chi connectivity index (χ1) is 2.84. The number of hydrogen-bond donors (Lipinski definition) is 1. The molecule has 0 aliphatic heterocycles. The molecule has 1 saturated carbocycles. The van der Waals surface area contributed by atoms with Gasteiger partial charge in [0.1, 0.15) is 0 Å². The first-order valence-corrected chi connectivity index (χ1v) is 2.25. The molecule has 1 atom stereocenters. The maximum Gasteiger partial charge on any atom is -0.00674 e. The van der Waals surface area contributed by atoms with Gasteiger partial charge in [-0.05, 0) is 18.5 Å². The molecule has 0 amide bonds. The van der Waals surface area contributed by atoms with E-state index in [1.54, 1.807) is 6.20 Å². The van der Waals surface area contributed by atoms with Crippen LogP contribution >= 0.6 is 0 Å². The van der Waals surface area contributed by atoms with E-state index in [0.717, 1.165) is 5.92 Å². The van der Waals surface area contributed by atoms with Crippen molar-refractivity contribution >= 4 is 0 Å². The second-order valence-electron chi connectivity index (χ2n) is 1.85. The minimum Gasteiger partial charge on any atom is -0.405 e. The second-order valence-corrected chi connectivity index (χ2v) is 1.85. The molecule has 0 spiro atoms. The molecule has 0 bridgehead atoms. The zero-order valence-electron chi connectivity index (χ0n) is 3.94. The Bertz CT molecular complexity index is 83.9. The third kappa shape index (κ3) is 0.402. The summed E-state index contributed by atoms with van der Waals surface area (Å²) in [7, 11) is 0. The third-order valence-corrected chi connectivity index (χ3v) is 1.23. The van der Waals surface area contributed by atoms with Crippen LogP contribution < -0.4 is 5.73 Å². The standard InChI is InChI=1S/C5H9N/c1-4-2-5(4)3-6/h3-4H,2,6H2,1H3/b5-3-/t4-/m1/s1. The summed E-state index contributed by atoms with van der Waals surface area (Å²) < 4.78 is 0. The Hall–Kier alpha value is -0.460. The molecule has 1 aliphatic rings. The number of allylic oxidation sites excluding steroid dienone is 1. The lowest BCUT2D eigenvalue weighted by molar-refractivity contribution is 1.02. The molecule has 1 heteroatoms. The van der Waals surface area contributed by atoms with E-state index >= 15 is 0 Å². The van der Waals surface area contributed by atoms with Gasteiger partial charge in [-0.2, -0.15) is 0 Å². The molecule has 0 heterocycles. The third-order valence-electron chi connectivity index (χ3n) is 1.23. The van der Waals surface area contributed by atoms with E-state index in [9.17, 15) is 0 Å². The van der Waals surface area contributed by atoms with Crippen molar-refractivity contribution in [3.8, 4) is 0 Å². The van der Waals surface area contributed by atoms with Crippen LogP contribution in [0.25, 0.3) is 0 Å². The van der Waals surface area contributed by atoms with Gasteiger partial charge in [-0.1, -0.05) is 12.5 Å². The van der Waals surface area contributed by atoms with Crippen LogP contribution in [0.4, 0.5) is 0 Å². The van der Waals surface area contributed by atoms with E-state index in [1.807, 2.05) is 0 Å². The highest BCUT2D eigenvalue weighted by Crippen LogP contribution is 2.35. The molecule has 1 fully saturated rings. The van der Waals surface area contributed by atoms with Gasteiger partial charge in [0.25, 0.3) is 0 Å². The minimum absolute atomic E-state index is 0.801. The number of nitrogens with two attached hydrogens (primary N) is 1. The van der Waals surface area contributed by atoms with Gasteiger partial charge in [0.2, 0.25) is 0 Å². The number of hydrogen-bond acceptors (Lipinski definition) is 1. The Balaban J connectivity index is 2.44. The SMILES string of the molecule is C[C@@H]1C/C1=C/N. The summed E-state index contributed by atoms with van der Waals surface area (Å²) in [5.41, 5.74) is 6.57. The minimum atomic E-state index is 0.801. The predicted octanol–water partition coefficient (Wildman–Crippen LogP) is 0.869. The molecule has 2 N–H and O–H groups in total. The lowest BCUT2D eigenvalue weighted by Gasteiger charge is -1.65. The highest BCUT2D eigenvalue weighted by Gasteiger charge is 2.22. The molecular weight excluding hydrogens is 74.1 g/mol. The van der Waals surface area contributed by atoms with Crippen LogP contribution in [0.15, 0.2) is 11.8 Å². The summed E-state index contributed by atoms with van der Waals surface area (Å²) >= 11 is 0. The van der Waals surface area contributed by atoms with Crippen molar-refractivity contribution in [3.63, 3.8) is 0 Å². The van der Waals surface area contributed by atoms with Crippen molar-refractivity contribution in [1.29, 1.82) is 0 Å². The zero-order chi connectivity index (χ0) is 4.57. The topological polar surface area (TPSA) is 26.0 Å². The van der Waals surface area contributed by atoms with Crippen LogP contribution in [0.2, 0.25) is 0 Å².